The van der Waals surface area contributed by atoms with Crippen LogP contribution in [0.1, 0.15) is 23.1 Å². The molecule has 1 aromatic heterocycles. The van der Waals surface area contributed by atoms with Gasteiger partial charge in [-0.1, -0.05) is 28.1 Å². The minimum Gasteiger partial charge on any atom is -0.366 e. The zero-order chi connectivity index (χ0) is 15.1. The first kappa shape index (κ1) is 15.5. The largest absolute Gasteiger partial charge is 0.366 e. The zero-order valence-corrected chi connectivity index (χ0v) is 13.7. The zero-order valence-electron chi connectivity index (χ0n) is 12.1. The van der Waals surface area contributed by atoms with Gasteiger partial charge in [-0.25, -0.2) is 0 Å². The van der Waals surface area contributed by atoms with Gasteiger partial charge in [0, 0.05) is 36.5 Å². The van der Waals surface area contributed by atoms with Crippen molar-refractivity contribution in [2.75, 3.05) is 11.4 Å². The molecule has 0 saturated heterocycles. The van der Waals surface area contributed by atoms with Crippen LogP contribution in [0.25, 0.3) is 0 Å². The van der Waals surface area contributed by atoms with Crippen LogP contribution in [0.3, 0.4) is 0 Å². The van der Waals surface area contributed by atoms with Crippen LogP contribution in [0, 0.1) is 18.3 Å². The molecule has 0 amide bonds. The summed E-state index contributed by atoms with van der Waals surface area (Å²) in [7, 11) is 0. The highest BCUT2D eigenvalue weighted by Crippen LogP contribution is 2.22. The van der Waals surface area contributed by atoms with Gasteiger partial charge < -0.3 is 4.90 Å². The van der Waals surface area contributed by atoms with Crippen LogP contribution < -0.4 is 4.90 Å². The molecular formula is C17H18BrN3. The number of nitrogens with zero attached hydrogens (tertiary/aromatic N) is 3. The lowest BCUT2D eigenvalue weighted by molar-refractivity contribution is 0.794. The number of hydrogen-bond acceptors (Lipinski definition) is 3. The molecule has 2 rings (SSSR count). The van der Waals surface area contributed by atoms with Crippen LogP contribution in [-0.2, 0) is 11.9 Å². The van der Waals surface area contributed by atoms with Gasteiger partial charge >= 0.3 is 0 Å². The fourth-order valence-corrected chi connectivity index (χ4v) is 2.85. The van der Waals surface area contributed by atoms with Gasteiger partial charge in [0.15, 0.2) is 0 Å². The lowest BCUT2D eigenvalue weighted by Gasteiger charge is -2.24. The molecule has 0 aliphatic carbocycles. The van der Waals surface area contributed by atoms with Gasteiger partial charge in [-0.2, -0.15) is 5.26 Å². The summed E-state index contributed by atoms with van der Waals surface area (Å²) in [6.45, 7) is 3.60. The monoisotopic (exact) mass is 343 g/mol. The smallest absolute Gasteiger partial charge is 0.0640 e. The molecular weight excluding hydrogens is 326 g/mol. The van der Waals surface area contributed by atoms with Crippen molar-refractivity contribution in [3.8, 4) is 6.07 Å². The van der Waals surface area contributed by atoms with Crippen molar-refractivity contribution in [1.29, 1.82) is 5.26 Å². The minimum atomic E-state index is 0.513. The number of pyridine rings is 1. The van der Waals surface area contributed by atoms with E-state index in [4.69, 9.17) is 5.26 Å². The van der Waals surface area contributed by atoms with Crippen molar-refractivity contribution in [3.05, 3.63) is 59.4 Å². The number of alkyl halides is 1. The van der Waals surface area contributed by atoms with Crippen molar-refractivity contribution in [3.63, 3.8) is 0 Å². The highest BCUT2D eigenvalue weighted by molar-refractivity contribution is 9.08. The molecule has 4 heteroatoms. The van der Waals surface area contributed by atoms with E-state index in [1.807, 2.05) is 12.3 Å². The number of rotatable bonds is 6. The van der Waals surface area contributed by atoms with Crippen LogP contribution in [0.15, 0.2) is 42.7 Å². The molecule has 0 saturated carbocycles. The van der Waals surface area contributed by atoms with Crippen LogP contribution in [0.4, 0.5) is 5.69 Å². The molecule has 0 bridgehead atoms. The third-order valence-corrected chi connectivity index (χ3v) is 4.03. The first-order valence-electron chi connectivity index (χ1n) is 6.91. The third kappa shape index (κ3) is 4.30. The maximum atomic E-state index is 8.87. The van der Waals surface area contributed by atoms with Gasteiger partial charge in [0.05, 0.1) is 12.5 Å². The molecule has 0 fully saturated rings. The Morgan fingerprint density at radius 2 is 2.19 bits per heavy atom. The molecule has 0 spiro atoms. The van der Waals surface area contributed by atoms with Crippen LogP contribution in [0.2, 0.25) is 0 Å². The minimum absolute atomic E-state index is 0.513. The van der Waals surface area contributed by atoms with E-state index in [1.54, 1.807) is 6.20 Å². The third-order valence-electron chi connectivity index (χ3n) is 3.43. The Hall–Kier alpha value is -1.86. The maximum Gasteiger partial charge on any atom is 0.0640 e. The SMILES string of the molecule is Cc1cc(N(CCC#N)Cc2cccnc2)ccc1CBr. The van der Waals surface area contributed by atoms with E-state index in [2.05, 4.69) is 63.1 Å². The van der Waals surface area contributed by atoms with Crippen molar-refractivity contribution < 1.29 is 0 Å². The molecule has 0 aliphatic rings. The van der Waals surface area contributed by atoms with Gasteiger partial charge in [-0.05, 0) is 41.8 Å². The molecule has 2 aromatic rings. The number of aryl methyl sites for hydroxylation is 1. The molecule has 21 heavy (non-hydrogen) atoms. The van der Waals surface area contributed by atoms with Crippen LogP contribution in [-0.4, -0.2) is 11.5 Å². The van der Waals surface area contributed by atoms with E-state index in [-0.39, 0.29) is 0 Å². The van der Waals surface area contributed by atoms with Crippen molar-refractivity contribution >= 4 is 21.6 Å². The molecule has 0 atom stereocenters. The van der Waals surface area contributed by atoms with E-state index >= 15 is 0 Å². The van der Waals surface area contributed by atoms with Crippen molar-refractivity contribution in [2.24, 2.45) is 0 Å². The Kier molecular flexibility index (Phi) is 5.77. The normalized spacial score (nSPS) is 10.1. The summed E-state index contributed by atoms with van der Waals surface area (Å²) in [5, 5.41) is 9.73. The molecule has 0 N–H and O–H groups in total. The van der Waals surface area contributed by atoms with E-state index in [1.165, 1.54) is 11.1 Å². The number of benzene rings is 1. The van der Waals surface area contributed by atoms with E-state index in [9.17, 15) is 0 Å². The number of halogens is 1. The summed E-state index contributed by atoms with van der Waals surface area (Å²) in [6, 6.07) is 12.7. The molecule has 1 aromatic carbocycles. The Labute approximate surface area is 134 Å². The van der Waals surface area contributed by atoms with E-state index in [0.717, 1.165) is 29.7 Å². The van der Waals surface area contributed by atoms with Gasteiger partial charge in [0.2, 0.25) is 0 Å². The second kappa shape index (κ2) is 7.80. The summed E-state index contributed by atoms with van der Waals surface area (Å²) in [5.74, 6) is 0. The second-order valence-electron chi connectivity index (χ2n) is 4.94. The summed E-state index contributed by atoms with van der Waals surface area (Å²) in [4.78, 5) is 6.39. The highest BCUT2D eigenvalue weighted by atomic mass is 79.9. The number of hydrogen-bond donors (Lipinski definition) is 0. The quantitative estimate of drug-likeness (QED) is 0.737. The fourth-order valence-electron chi connectivity index (χ4n) is 2.22. The summed E-state index contributed by atoms with van der Waals surface area (Å²) >= 11 is 3.50. The molecule has 0 radical (unpaired) electrons. The lowest BCUT2D eigenvalue weighted by atomic mass is 10.1. The predicted molar refractivity (Wildman–Crippen MR) is 89.3 cm³/mol. The van der Waals surface area contributed by atoms with Gasteiger partial charge in [0.1, 0.15) is 0 Å². The lowest BCUT2D eigenvalue weighted by Crippen LogP contribution is -2.23. The second-order valence-corrected chi connectivity index (χ2v) is 5.50. The molecule has 1 heterocycles. The van der Waals surface area contributed by atoms with Crippen molar-refractivity contribution in [2.45, 2.75) is 25.2 Å². The molecule has 0 aliphatic heterocycles. The first-order valence-corrected chi connectivity index (χ1v) is 8.03. The van der Waals surface area contributed by atoms with Gasteiger partial charge in [-0.3, -0.25) is 4.98 Å². The summed E-state index contributed by atoms with van der Waals surface area (Å²) in [6.07, 6.45) is 4.16. The molecule has 108 valence electrons. The summed E-state index contributed by atoms with van der Waals surface area (Å²) < 4.78 is 0. The number of anilines is 1. The molecule has 0 unspecified atom stereocenters. The Morgan fingerprint density at radius 1 is 1.33 bits per heavy atom. The maximum absolute atomic E-state index is 8.87. The Balaban J connectivity index is 2.23. The van der Waals surface area contributed by atoms with Gasteiger partial charge in [0.25, 0.3) is 0 Å². The predicted octanol–water partition coefficient (Wildman–Crippen LogP) is 4.21. The first-order chi connectivity index (χ1) is 10.2. The summed E-state index contributed by atoms with van der Waals surface area (Å²) in [5.41, 5.74) is 4.85. The Bertz CT molecular complexity index is 620. The standard InChI is InChI=1S/C17H18BrN3/c1-14-10-17(6-5-16(14)11-18)21(9-3-7-19)13-15-4-2-8-20-12-15/h2,4-6,8,10,12H,3,9,11,13H2,1H3. The van der Waals surface area contributed by atoms with E-state index < -0.39 is 0 Å². The molecule has 3 nitrogen and oxygen atoms in total. The highest BCUT2D eigenvalue weighted by Gasteiger charge is 2.09. The fraction of sp³-hybridized carbons (Fsp3) is 0.294. The van der Waals surface area contributed by atoms with Gasteiger partial charge in [-0.15, -0.1) is 0 Å². The van der Waals surface area contributed by atoms with E-state index in [0.29, 0.717) is 6.42 Å². The van der Waals surface area contributed by atoms with Crippen molar-refractivity contribution in [1.82, 2.24) is 4.98 Å². The van der Waals surface area contributed by atoms with Crippen LogP contribution >= 0.6 is 15.9 Å². The van der Waals surface area contributed by atoms with Crippen LogP contribution in [0.5, 0.6) is 0 Å². The average molecular weight is 344 g/mol. The number of aromatic nitrogens is 1. The number of nitriles is 1. The Morgan fingerprint density at radius 3 is 2.81 bits per heavy atom. The average Bonchev–Trinajstić information content (AvgIpc) is 2.52. The topological polar surface area (TPSA) is 39.9 Å².